The maximum absolute atomic E-state index is 12.4. The maximum atomic E-state index is 12.4. The van der Waals surface area contributed by atoms with Crippen LogP contribution in [0.4, 0.5) is 0 Å². The van der Waals surface area contributed by atoms with Crippen molar-refractivity contribution in [1.29, 1.82) is 0 Å². The van der Waals surface area contributed by atoms with Gasteiger partial charge in [-0.2, -0.15) is 0 Å². The minimum absolute atomic E-state index is 0.142. The summed E-state index contributed by atoms with van der Waals surface area (Å²) in [4.78, 5) is 28.1. The summed E-state index contributed by atoms with van der Waals surface area (Å²) < 4.78 is 0. The van der Waals surface area contributed by atoms with Crippen LogP contribution in [-0.2, 0) is 9.59 Å². The summed E-state index contributed by atoms with van der Waals surface area (Å²) in [5.41, 5.74) is 0. The molecule has 2 aliphatic rings. The van der Waals surface area contributed by atoms with Crippen LogP contribution in [0.3, 0.4) is 0 Å². The van der Waals surface area contributed by atoms with Crippen LogP contribution in [0.2, 0.25) is 0 Å². The van der Waals surface area contributed by atoms with Crippen molar-refractivity contribution in [2.24, 2.45) is 0 Å². The normalized spacial score (nSPS) is 24.4. The fraction of sp³-hybridized carbons (Fsp3) is 0.846. The van der Waals surface area contributed by atoms with Gasteiger partial charge in [0.15, 0.2) is 0 Å². The lowest BCUT2D eigenvalue weighted by Gasteiger charge is -2.33. The predicted molar refractivity (Wildman–Crippen MR) is 69.1 cm³/mol. The average molecular weight is 253 g/mol. The third kappa shape index (κ3) is 2.83. The van der Waals surface area contributed by atoms with E-state index in [0.29, 0.717) is 6.42 Å². The van der Waals surface area contributed by atoms with Crippen LogP contribution >= 0.6 is 0 Å². The Balaban J connectivity index is 1.97. The second-order valence-corrected chi connectivity index (χ2v) is 5.07. The van der Waals surface area contributed by atoms with Gasteiger partial charge in [-0.1, -0.05) is 6.92 Å². The number of hydrogen-bond donors (Lipinski definition) is 1. The van der Waals surface area contributed by atoms with Crippen LogP contribution in [0.15, 0.2) is 0 Å². The molecule has 2 fully saturated rings. The van der Waals surface area contributed by atoms with Crippen molar-refractivity contribution in [3.63, 3.8) is 0 Å². The molecule has 5 nitrogen and oxygen atoms in total. The summed E-state index contributed by atoms with van der Waals surface area (Å²) >= 11 is 0. The predicted octanol–water partition coefficient (Wildman–Crippen LogP) is 0.209. The maximum Gasteiger partial charge on any atom is 0.245 e. The molecular formula is C13H23N3O2. The molecular weight excluding hydrogens is 230 g/mol. The van der Waals surface area contributed by atoms with Crippen LogP contribution < -0.4 is 5.32 Å². The number of piperazine rings is 1. The van der Waals surface area contributed by atoms with Gasteiger partial charge in [-0.15, -0.1) is 0 Å². The van der Waals surface area contributed by atoms with E-state index in [4.69, 9.17) is 0 Å². The average Bonchev–Trinajstić information content (AvgIpc) is 2.88. The molecule has 0 aromatic heterocycles. The largest absolute Gasteiger partial charge is 0.338 e. The molecule has 1 N–H and O–H groups in total. The Morgan fingerprint density at radius 2 is 1.94 bits per heavy atom. The van der Waals surface area contributed by atoms with Gasteiger partial charge in [-0.25, -0.2) is 0 Å². The minimum atomic E-state index is -0.192. The number of hydrogen-bond acceptors (Lipinski definition) is 3. The topological polar surface area (TPSA) is 52.7 Å². The number of carbonyl (C=O) groups is 2. The molecule has 2 saturated heterocycles. The molecule has 102 valence electrons. The van der Waals surface area contributed by atoms with Gasteiger partial charge in [0, 0.05) is 39.1 Å². The van der Waals surface area contributed by atoms with Gasteiger partial charge in [0.25, 0.3) is 0 Å². The zero-order valence-corrected chi connectivity index (χ0v) is 11.2. The van der Waals surface area contributed by atoms with Crippen molar-refractivity contribution >= 4 is 11.8 Å². The van der Waals surface area contributed by atoms with Crippen molar-refractivity contribution in [2.45, 2.75) is 38.6 Å². The lowest BCUT2D eigenvalue weighted by atomic mass is 10.1. The van der Waals surface area contributed by atoms with Crippen LogP contribution in [0.25, 0.3) is 0 Å². The highest BCUT2D eigenvalue weighted by atomic mass is 16.2. The van der Waals surface area contributed by atoms with E-state index in [1.165, 1.54) is 0 Å². The highest BCUT2D eigenvalue weighted by Crippen LogP contribution is 2.21. The van der Waals surface area contributed by atoms with Crippen molar-refractivity contribution in [1.82, 2.24) is 15.1 Å². The number of nitrogens with zero attached hydrogens (tertiary/aromatic N) is 2. The summed E-state index contributed by atoms with van der Waals surface area (Å²) in [6.07, 6.45) is 3.20. The van der Waals surface area contributed by atoms with E-state index < -0.39 is 0 Å². The molecule has 2 rings (SSSR count). The van der Waals surface area contributed by atoms with Crippen molar-refractivity contribution in [2.75, 3.05) is 32.7 Å². The molecule has 0 spiro atoms. The SMILES string of the molecule is CCCC(=O)N1CCCC1C(=O)N1CCNCC1. The van der Waals surface area contributed by atoms with E-state index in [-0.39, 0.29) is 17.9 Å². The second kappa shape index (κ2) is 6.18. The third-order valence-corrected chi connectivity index (χ3v) is 3.75. The molecule has 0 saturated carbocycles. The Morgan fingerprint density at radius 1 is 1.22 bits per heavy atom. The standard InChI is InChI=1S/C13H23N3O2/c1-2-4-12(17)16-8-3-5-11(16)13(18)15-9-6-14-7-10-15/h11,14H,2-10H2,1H3. The molecule has 2 heterocycles. The van der Waals surface area contributed by atoms with E-state index in [1.807, 2.05) is 11.8 Å². The monoisotopic (exact) mass is 253 g/mol. The van der Waals surface area contributed by atoms with Crippen molar-refractivity contribution < 1.29 is 9.59 Å². The van der Waals surface area contributed by atoms with E-state index in [1.54, 1.807) is 4.90 Å². The molecule has 0 aliphatic carbocycles. The van der Waals surface area contributed by atoms with Crippen LogP contribution in [0.1, 0.15) is 32.6 Å². The summed E-state index contributed by atoms with van der Waals surface area (Å²) in [5, 5.41) is 3.24. The van der Waals surface area contributed by atoms with E-state index in [2.05, 4.69) is 5.32 Å². The third-order valence-electron chi connectivity index (χ3n) is 3.75. The molecule has 5 heteroatoms. The molecule has 2 amide bonds. The molecule has 2 aliphatic heterocycles. The van der Waals surface area contributed by atoms with Crippen molar-refractivity contribution in [3.05, 3.63) is 0 Å². The van der Waals surface area contributed by atoms with E-state index in [0.717, 1.165) is 52.0 Å². The first-order valence-electron chi connectivity index (χ1n) is 7.03. The van der Waals surface area contributed by atoms with Gasteiger partial charge < -0.3 is 15.1 Å². The van der Waals surface area contributed by atoms with Gasteiger partial charge in [-0.3, -0.25) is 9.59 Å². The first-order valence-corrected chi connectivity index (χ1v) is 7.03. The summed E-state index contributed by atoms with van der Waals surface area (Å²) in [7, 11) is 0. The van der Waals surface area contributed by atoms with Crippen molar-refractivity contribution in [3.8, 4) is 0 Å². The lowest BCUT2D eigenvalue weighted by molar-refractivity contribution is -0.144. The van der Waals surface area contributed by atoms with Gasteiger partial charge in [0.2, 0.25) is 11.8 Å². The van der Waals surface area contributed by atoms with Gasteiger partial charge in [-0.05, 0) is 19.3 Å². The Morgan fingerprint density at radius 3 is 2.61 bits per heavy atom. The van der Waals surface area contributed by atoms with Gasteiger partial charge in [0.05, 0.1) is 0 Å². The summed E-state index contributed by atoms with van der Waals surface area (Å²) in [6.45, 7) is 6.02. The first-order chi connectivity index (χ1) is 8.74. The molecule has 1 unspecified atom stereocenters. The second-order valence-electron chi connectivity index (χ2n) is 5.07. The molecule has 0 bridgehead atoms. The zero-order valence-electron chi connectivity index (χ0n) is 11.2. The quantitative estimate of drug-likeness (QED) is 0.782. The summed E-state index contributed by atoms with van der Waals surface area (Å²) in [6, 6.07) is -0.192. The number of rotatable bonds is 3. The summed E-state index contributed by atoms with van der Waals surface area (Å²) in [5.74, 6) is 0.293. The molecule has 1 atom stereocenters. The first kappa shape index (κ1) is 13.3. The number of nitrogens with one attached hydrogen (secondary N) is 1. The molecule has 18 heavy (non-hydrogen) atoms. The van der Waals surface area contributed by atoms with Crippen LogP contribution in [0, 0.1) is 0 Å². The Kier molecular flexibility index (Phi) is 4.58. The smallest absolute Gasteiger partial charge is 0.245 e. The highest BCUT2D eigenvalue weighted by Gasteiger charge is 2.36. The minimum Gasteiger partial charge on any atom is -0.338 e. The zero-order chi connectivity index (χ0) is 13.0. The fourth-order valence-corrected chi connectivity index (χ4v) is 2.78. The van der Waals surface area contributed by atoms with Crippen LogP contribution in [0.5, 0.6) is 0 Å². The number of likely N-dealkylation sites (tertiary alicyclic amines) is 1. The van der Waals surface area contributed by atoms with E-state index in [9.17, 15) is 9.59 Å². The Hall–Kier alpha value is -1.10. The fourth-order valence-electron chi connectivity index (χ4n) is 2.78. The molecule has 0 radical (unpaired) electrons. The Labute approximate surface area is 108 Å². The number of amides is 2. The van der Waals surface area contributed by atoms with Crippen LogP contribution in [-0.4, -0.2) is 60.4 Å². The number of carbonyl (C=O) groups excluding carboxylic acids is 2. The van der Waals surface area contributed by atoms with E-state index >= 15 is 0 Å². The highest BCUT2D eigenvalue weighted by molar-refractivity contribution is 5.88. The Bertz CT molecular complexity index is 313. The molecule has 0 aromatic carbocycles. The van der Waals surface area contributed by atoms with Gasteiger partial charge in [0.1, 0.15) is 6.04 Å². The molecule has 0 aromatic rings. The van der Waals surface area contributed by atoms with Gasteiger partial charge >= 0.3 is 0 Å². The lowest BCUT2D eigenvalue weighted by Crippen LogP contribution is -2.53.